The highest BCUT2D eigenvalue weighted by molar-refractivity contribution is 6.43. The summed E-state index contributed by atoms with van der Waals surface area (Å²) < 4.78 is 10.9. The van der Waals surface area contributed by atoms with Crippen LogP contribution in [-0.2, 0) is 20.7 Å². The first kappa shape index (κ1) is 30.0. The topological polar surface area (TPSA) is 139 Å². The van der Waals surface area contributed by atoms with Gasteiger partial charge in [-0.15, -0.1) is 0 Å². The number of piperazine rings is 1. The van der Waals surface area contributed by atoms with Gasteiger partial charge in [-0.25, -0.2) is 4.79 Å². The molecule has 216 valence electrons. The van der Waals surface area contributed by atoms with E-state index in [2.05, 4.69) is 21.2 Å². The number of hydrogen-bond acceptors (Lipinski definition) is 9. The summed E-state index contributed by atoms with van der Waals surface area (Å²) in [7, 11) is -1.76. The van der Waals surface area contributed by atoms with Gasteiger partial charge in [-0.1, -0.05) is 30.3 Å². The predicted octanol–water partition coefficient (Wildman–Crippen LogP) is 0.572. The largest absolute Gasteiger partial charge is 0.475 e. The normalized spacial score (nSPS) is 22.1. The van der Waals surface area contributed by atoms with Gasteiger partial charge in [0.25, 0.3) is 5.91 Å². The zero-order valence-corrected chi connectivity index (χ0v) is 23.4. The average Bonchev–Trinajstić information content (AvgIpc) is 2.91. The van der Waals surface area contributed by atoms with Crippen LogP contribution < -0.4 is 5.32 Å². The molecule has 0 aliphatic carbocycles. The first-order valence-corrected chi connectivity index (χ1v) is 14.0. The number of nitrogens with zero attached hydrogens (tertiary/aromatic N) is 4. The SMILES string of the molecule is CC(C)(C=C(C#N)C(=O)N1CCCC(OC(=O)N[C@@H](Cc2ccccc2)B(O)O)C1)N1CCN(C2COC2)CC1. The van der Waals surface area contributed by atoms with E-state index in [0.29, 0.717) is 25.4 Å². The number of ether oxygens (including phenoxy) is 2. The lowest BCUT2D eigenvalue weighted by atomic mass is 9.76. The number of nitriles is 1. The van der Waals surface area contributed by atoms with Gasteiger partial charge in [-0.05, 0) is 44.7 Å². The molecule has 0 spiro atoms. The molecule has 3 heterocycles. The second-order valence-electron chi connectivity index (χ2n) is 11.3. The Hall–Kier alpha value is -2.95. The maximum atomic E-state index is 13.4. The van der Waals surface area contributed by atoms with E-state index in [9.17, 15) is 24.9 Å². The molecule has 3 fully saturated rings. The van der Waals surface area contributed by atoms with Crippen LogP contribution in [0, 0.1) is 11.3 Å². The molecule has 3 saturated heterocycles. The van der Waals surface area contributed by atoms with Crippen LogP contribution in [0.1, 0.15) is 32.3 Å². The highest BCUT2D eigenvalue weighted by Crippen LogP contribution is 2.24. The van der Waals surface area contributed by atoms with E-state index in [1.54, 1.807) is 11.0 Å². The second kappa shape index (κ2) is 13.6. The molecule has 0 aromatic heterocycles. The van der Waals surface area contributed by atoms with Crippen LogP contribution in [0.3, 0.4) is 0 Å². The first-order chi connectivity index (χ1) is 19.2. The van der Waals surface area contributed by atoms with Gasteiger partial charge >= 0.3 is 13.2 Å². The molecule has 1 aromatic rings. The van der Waals surface area contributed by atoms with Crippen LogP contribution >= 0.6 is 0 Å². The summed E-state index contributed by atoms with van der Waals surface area (Å²) in [6.45, 7) is 9.78. The average molecular weight is 553 g/mol. The van der Waals surface area contributed by atoms with Crippen molar-refractivity contribution in [3.05, 3.63) is 47.5 Å². The third kappa shape index (κ3) is 7.83. The Morgan fingerprint density at radius 3 is 2.50 bits per heavy atom. The maximum Gasteiger partial charge on any atom is 0.475 e. The van der Waals surface area contributed by atoms with Gasteiger partial charge in [-0.3, -0.25) is 14.6 Å². The summed E-state index contributed by atoms with van der Waals surface area (Å²) in [4.78, 5) is 32.2. The van der Waals surface area contributed by atoms with Gasteiger partial charge in [0.15, 0.2) is 0 Å². The van der Waals surface area contributed by atoms with Crippen molar-refractivity contribution >= 4 is 19.1 Å². The highest BCUT2D eigenvalue weighted by Gasteiger charge is 2.35. The summed E-state index contributed by atoms with van der Waals surface area (Å²) in [6, 6.07) is 11.8. The molecule has 40 heavy (non-hydrogen) atoms. The van der Waals surface area contributed by atoms with Crippen LogP contribution in [0.2, 0.25) is 0 Å². The number of hydrogen-bond donors (Lipinski definition) is 3. The Balaban J connectivity index is 1.31. The zero-order valence-electron chi connectivity index (χ0n) is 23.4. The van der Waals surface area contributed by atoms with E-state index in [1.165, 1.54) is 0 Å². The van der Waals surface area contributed by atoms with Gasteiger partial charge in [0.1, 0.15) is 17.7 Å². The molecule has 3 aliphatic rings. The fourth-order valence-electron chi connectivity index (χ4n) is 5.51. The third-order valence-electron chi connectivity index (χ3n) is 8.02. The number of carbonyl (C=O) groups excluding carboxylic acids is 2. The number of amides is 2. The molecule has 11 nitrogen and oxygen atoms in total. The Labute approximate surface area is 236 Å². The summed E-state index contributed by atoms with van der Waals surface area (Å²) in [5.41, 5.74) is 0.438. The van der Waals surface area contributed by atoms with E-state index < -0.39 is 30.8 Å². The molecule has 4 rings (SSSR count). The smallest absolute Gasteiger partial charge is 0.444 e. The second-order valence-corrected chi connectivity index (χ2v) is 11.3. The minimum Gasteiger partial charge on any atom is -0.444 e. The molecule has 1 aromatic carbocycles. The van der Waals surface area contributed by atoms with Crippen LogP contribution in [0.5, 0.6) is 0 Å². The molecular weight excluding hydrogens is 513 g/mol. The predicted molar refractivity (Wildman–Crippen MR) is 149 cm³/mol. The van der Waals surface area contributed by atoms with Gasteiger partial charge < -0.3 is 29.7 Å². The Morgan fingerprint density at radius 1 is 1.20 bits per heavy atom. The van der Waals surface area contributed by atoms with E-state index in [-0.39, 0.29) is 24.4 Å². The highest BCUT2D eigenvalue weighted by atomic mass is 16.6. The van der Waals surface area contributed by atoms with Crippen LogP contribution in [0.15, 0.2) is 42.0 Å². The number of benzene rings is 1. The fraction of sp³-hybridized carbons (Fsp3) is 0.607. The minimum absolute atomic E-state index is 0.0799. The number of piperidine rings is 1. The Bertz CT molecular complexity index is 1080. The van der Waals surface area contributed by atoms with Crippen LogP contribution in [0.4, 0.5) is 4.79 Å². The number of rotatable bonds is 9. The number of carbonyl (C=O) groups is 2. The van der Waals surface area contributed by atoms with Crippen molar-refractivity contribution in [3.8, 4) is 6.07 Å². The van der Waals surface area contributed by atoms with Gasteiger partial charge in [0, 0.05) is 38.3 Å². The molecule has 1 unspecified atom stereocenters. The molecule has 3 aliphatic heterocycles. The van der Waals surface area contributed by atoms with Crippen molar-refractivity contribution in [2.24, 2.45) is 0 Å². The first-order valence-electron chi connectivity index (χ1n) is 14.0. The Morgan fingerprint density at radius 2 is 1.90 bits per heavy atom. The zero-order chi connectivity index (χ0) is 28.7. The van der Waals surface area contributed by atoms with Gasteiger partial charge in [0.2, 0.25) is 0 Å². The molecule has 2 atom stereocenters. The van der Waals surface area contributed by atoms with Crippen molar-refractivity contribution in [1.29, 1.82) is 5.26 Å². The number of nitrogens with one attached hydrogen (secondary N) is 1. The summed E-state index contributed by atoms with van der Waals surface area (Å²) >= 11 is 0. The molecule has 12 heteroatoms. The lowest BCUT2D eigenvalue weighted by Gasteiger charge is -2.46. The van der Waals surface area contributed by atoms with Crippen LogP contribution in [0.25, 0.3) is 0 Å². The minimum atomic E-state index is -1.76. The quantitative estimate of drug-likeness (QED) is 0.228. The molecule has 0 bridgehead atoms. The van der Waals surface area contributed by atoms with E-state index in [4.69, 9.17) is 9.47 Å². The van der Waals surface area contributed by atoms with Crippen molar-refractivity contribution < 1.29 is 29.1 Å². The van der Waals surface area contributed by atoms with Gasteiger partial charge in [-0.2, -0.15) is 5.26 Å². The van der Waals surface area contributed by atoms with Crippen molar-refractivity contribution in [2.45, 2.75) is 56.7 Å². The third-order valence-corrected chi connectivity index (χ3v) is 8.02. The maximum absolute atomic E-state index is 13.4. The number of alkyl carbamates (subject to hydrolysis) is 1. The molecule has 3 N–H and O–H groups in total. The molecule has 0 radical (unpaired) electrons. The Kier molecular flexibility index (Phi) is 10.2. The molecule has 0 saturated carbocycles. The van der Waals surface area contributed by atoms with Gasteiger partial charge in [0.05, 0.1) is 31.7 Å². The lowest BCUT2D eigenvalue weighted by molar-refractivity contribution is -0.129. The summed E-state index contributed by atoms with van der Waals surface area (Å²) in [5.74, 6) is -1.32. The molecular formula is C28H40BN5O6. The van der Waals surface area contributed by atoms with Crippen molar-refractivity contribution in [3.63, 3.8) is 0 Å². The lowest BCUT2D eigenvalue weighted by Crippen LogP contribution is -2.59. The standard InChI is InChI=1S/C28H40BN5O6/c1-28(2,34-13-11-32(12-14-34)23-19-39-20-23)16-22(17-30)26(35)33-10-6-9-24(18-33)40-27(36)31-25(29(37)38)15-21-7-4-3-5-8-21/h3-5,7-8,16,23-25,37-38H,6,9-15,18-20H2,1-2H3,(H,31,36)/t24?,25-/m0/s1. The summed E-state index contributed by atoms with van der Waals surface area (Å²) in [6.07, 6.45) is 1.81. The van der Waals surface area contributed by atoms with Crippen molar-refractivity contribution in [2.75, 3.05) is 52.5 Å². The summed E-state index contributed by atoms with van der Waals surface area (Å²) in [5, 5.41) is 31.9. The van der Waals surface area contributed by atoms with E-state index in [0.717, 1.165) is 45.0 Å². The van der Waals surface area contributed by atoms with Crippen LogP contribution in [-0.4, -0.2) is 120 Å². The monoisotopic (exact) mass is 553 g/mol. The van der Waals surface area contributed by atoms with E-state index in [1.807, 2.05) is 44.2 Å². The number of likely N-dealkylation sites (tertiary alicyclic amines) is 1. The fourth-order valence-corrected chi connectivity index (χ4v) is 5.51. The van der Waals surface area contributed by atoms with Crippen molar-refractivity contribution in [1.82, 2.24) is 20.0 Å². The molecule has 2 amide bonds. The van der Waals surface area contributed by atoms with E-state index >= 15 is 0 Å².